The number of rotatable bonds is 2. The summed E-state index contributed by atoms with van der Waals surface area (Å²) in [5.41, 5.74) is 4.80. The van der Waals surface area contributed by atoms with Crippen LogP contribution in [0, 0.1) is 0 Å². The molecule has 8 nitrogen and oxygen atoms in total. The highest BCUT2D eigenvalue weighted by atomic mass is 16.6. The molecule has 0 saturated carbocycles. The van der Waals surface area contributed by atoms with Crippen LogP contribution in [0.25, 0.3) is 32.8 Å². The van der Waals surface area contributed by atoms with Crippen molar-refractivity contribution >= 4 is 38.7 Å². The lowest BCUT2D eigenvalue weighted by molar-refractivity contribution is -0.257. The number of nitrogens with zero attached hydrogens (tertiary/aromatic N) is 3. The number of ether oxygens (including phenoxy) is 2. The Hall–Kier alpha value is -2.94. The number of para-hydroxylation sites is 1. The summed E-state index contributed by atoms with van der Waals surface area (Å²) in [4.78, 5) is 17.6. The lowest BCUT2D eigenvalue weighted by Crippen LogP contribution is -2.59. The van der Waals surface area contributed by atoms with Gasteiger partial charge in [-0.3, -0.25) is 9.36 Å². The first kappa shape index (κ1) is 17.7. The van der Waals surface area contributed by atoms with Crippen molar-refractivity contribution in [2.75, 3.05) is 14.2 Å². The summed E-state index contributed by atoms with van der Waals surface area (Å²) < 4.78 is 17.2. The molecule has 8 heteroatoms. The minimum Gasteiger partial charge on any atom is -0.375 e. The number of methoxy groups -OCH3 is 1. The first-order valence-electron chi connectivity index (χ1n) is 10.7. The summed E-state index contributed by atoms with van der Waals surface area (Å²) in [7, 11) is 3.70. The zero-order chi connectivity index (χ0) is 21.1. The van der Waals surface area contributed by atoms with E-state index in [0.717, 1.165) is 44.8 Å². The number of imidazole rings is 1. The van der Waals surface area contributed by atoms with Crippen LogP contribution in [0.4, 0.5) is 0 Å². The Morgan fingerprint density at radius 1 is 1.32 bits per heavy atom. The second-order valence-electron chi connectivity index (χ2n) is 8.87. The number of hydrogen-bond acceptors (Lipinski definition) is 5. The molecule has 2 aromatic carbocycles. The number of hydrogen-bond donors (Lipinski definition) is 2. The molecule has 1 fully saturated rings. The van der Waals surface area contributed by atoms with Gasteiger partial charge in [-0.05, 0) is 25.6 Å². The molecule has 2 N–H and O–H groups in total. The van der Waals surface area contributed by atoms with Crippen LogP contribution in [0.15, 0.2) is 30.6 Å². The SMILES string of the molecule is CNC1CC2OC(C)(C1OC)n1cnc3c4c(c5c6ccccc6n2c5c31)CNC4=O. The predicted octanol–water partition coefficient (Wildman–Crippen LogP) is 2.60. The fourth-order valence-corrected chi connectivity index (χ4v) is 6.25. The number of likely N-dealkylation sites (N-methyl/N-ethyl adjacent to an activating group) is 1. The Morgan fingerprint density at radius 3 is 2.97 bits per heavy atom. The van der Waals surface area contributed by atoms with Gasteiger partial charge in [0.2, 0.25) is 0 Å². The van der Waals surface area contributed by atoms with E-state index in [-0.39, 0.29) is 24.3 Å². The van der Waals surface area contributed by atoms with E-state index in [4.69, 9.17) is 14.5 Å². The van der Waals surface area contributed by atoms with Gasteiger partial charge in [0.25, 0.3) is 5.91 Å². The Morgan fingerprint density at radius 2 is 2.16 bits per heavy atom. The smallest absolute Gasteiger partial charge is 0.254 e. The van der Waals surface area contributed by atoms with Gasteiger partial charge in [0.1, 0.15) is 17.8 Å². The van der Waals surface area contributed by atoms with Crippen molar-refractivity contribution in [1.82, 2.24) is 24.8 Å². The number of benzene rings is 2. The summed E-state index contributed by atoms with van der Waals surface area (Å²) in [6.45, 7) is 2.58. The third kappa shape index (κ3) is 1.88. The number of fused-ring (bicyclic) bond motifs is 10. The van der Waals surface area contributed by atoms with Crippen molar-refractivity contribution in [2.24, 2.45) is 0 Å². The van der Waals surface area contributed by atoms with Crippen LogP contribution < -0.4 is 10.6 Å². The second kappa shape index (κ2) is 5.64. The summed E-state index contributed by atoms with van der Waals surface area (Å²) in [5, 5.41) is 8.73. The van der Waals surface area contributed by atoms with Gasteiger partial charge in [0, 0.05) is 36.9 Å². The molecular formula is C23H23N5O3. The quantitative estimate of drug-likeness (QED) is 0.524. The van der Waals surface area contributed by atoms with Crippen LogP contribution in [0.3, 0.4) is 0 Å². The molecule has 2 bridgehead atoms. The Bertz CT molecular complexity index is 1440. The molecular weight excluding hydrogens is 394 g/mol. The molecule has 31 heavy (non-hydrogen) atoms. The maximum Gasteiger partial charge on any atom is 0.254 e. The van der Waals surface area contributed by atoms with Gasteiger partial charge in [-0.25, -0.2) is 4.98 Å². The molecule has 1 amide bonds. The molecule has 0 spiro atoms. The van der Waals surface area contributed by atoms with Crippen LogP contribution in [-0.4, -0.2) is 46.3 Å². The first-order chi connectivity index (χ1) is 15.1. The number of nitrogens with one attached hydrogen (secondary N) is 2. The van der Waals surface area contributed by atoms with Gasteiger partial charge in [0.15, 0.2) is 5.72 Å². The second-order valence-corrected chi connectivity index (χ2v) is 8.87. The van der Waals surface area contributed by atoms with Crippen LogP contribution in [0.5, 0.6) is 0 Å². The monoisotopic (exact) mass is 417 g/mol. The lowest BCUT2D eigenvalue weighted by Gasteiger charge is -2.47. The number of carbonyl (C=O) groups excluding carboxylic acids is 1. The van der Waals surface area contributed by atoms with Gasteiger partial charge < -0.3 is 24.7 Å². The summed E-state index contributed by atoms with van der Waals surface area (Å²) >= 11 is 0. The molecule has 4 aromatic rings. The van der Waals surface area contributed by atoms with E-state index in [1.807, 2.05) is 13.4 Å². The van der Waals surface area contributed by atoms with Crippen molar-refractivity contribution in [3.05, 3.63) is 41.7 Å². The van der Waals surface area contributed by atoms with Crippen molar-refractivity contribution in [1.29, 1.82) is 0 Å². The molecule has 7 rings (SSSR count). The molecule has 0 aliphatic carbocycles. The first-order valence-corrected chi connectivity index (χ1v) is 10.7. The number of aromatic nitrogens is 3. The topological polar surface area (TPSA) is 82.3 Å². The van der Waals surface area contributed by atoms with Gasteiger partial charge in [-0.15, -0.1) is 0 Å². The molecule has 158 valence electrons. The molecule has 1 saturated heterocycles. The van der Waals surface area contributed by atoms with Crippen molar-refractivity contribution < 1.29 is 14.3 Å². The highest BCUT2D eigenvalue weighted by Gasteiger charge is 2.52. The molecule has 3 aliphatic heterocycles. The fraction of sp³-hybridized carbons (Fsp3) is 0.391. The highest BCUT2D eigenvalue weighted by molar-refractivity contribution is 6.24. The Kier molecular flexibility index (Phi) is 3.22. The molecule has 3 aliphatic rings. The highest BCUT2D eigenvalue weighted by Crippen LogP contribution is 2.50. The van der Waals surface area contributed by atoms with E-state index in [1.165, 1.54) is 0 Å². The summed E-state index contributed by atoms with van der Waals surface area (Å²) in [6, 6.07) is 8.48. The van der Waals surface area contributed by atoms with Gasteiger partial charge in [-0.2, -0.15) is 0 Å². The van der Waals surface area contributed by atoms with Gasteiger partial charge >= 0.3 is 0 Å². The van der Waals surface area contributed by atoms with E-state index >= 15 is 0 Å². The Labute approximate surface area is 178 Å². The number of amides is 1. The van der Waals surface area contributed by atoms with Crippen molar-refractivity contribution in [3.8, 4) is 0 Å². The van der Waals surface area contributed by atoms with Crippen LogP contribution >= 0.6 is 0 Å². The predicted molar refractivity (Wildman–Crippen MR) is 116 cm³/mol. The van der Waals surface area contributed by atoms with Gasteiger partial charge in [0.05, 0.1) is 28.4 Å². The van der Waals surface area contributed by atoms with E-state index in [9.17, 15) is 4.79 Å². The third-order valence-electron chi connectivity index (χ3n) is 7.51. The van der Waals surface area contributed by atoms with Crippen LogP contribution in [0.2, 0.25) is 0 Å². The molecule has 4 unspecified atom stereocenters. The van der Waals surface area contributed by atoms with E-state index in [0.29, 0.717) is 12.1 Å². The van der Waals surface area contributed by atoms with E-state index in [2.05, 4.69) is 51.0 Å². The molecule has 0 radical (unpaired) electrons. The standard InChI is InChI=1S/C23H23N5O3/c1-23-21(30-3)13(24-2)8-15(31-23)28-14-7-5-4-6-11(14)16-12-9-25-22(29)17(12)18-20(19(16)28)27(23)10-26-18/h4-7,10,13,15,21,24H,8-9H2,1-3H3,(H,25,29). The fourth-order valence-electron chi connectivity index (χ4n) is 6.25. The Balaban J connectivity index is 1.75. The minimum atomic E-state index is -0.781. The normalized spacial score (nSPS) is 29.1. The van der Waals surface area contributed by atoms with Gasteiger partial charge in [-0.1, -0.05) is 18.2 Å². The average Bonchev–Trinajstić information content (AvgIpc) is 3.44. The zero-order valence-electron chi connectivity index (χ0n) is 17.6. The summed E-state index contributed by atoms with van der Waals surface area (Å²) in [5.74, 6) is -0.0614. The van der Waals surface area contributed by atoms with E-state index < -0.39 is 5.72 Å². The number of carbonyl (C=O) groups is 1. The lowest BCUT2D eigenvalue weighted by atomic mass is 9.93. The minimum absolute atomic E-state index is 0.0614. The van der Waals surface area contributed by atoms with Crippen LogP contribution in [0.1, 0.15) is 35.5 Å². The average molecular weight is 417 g/mol. The molecule has 5 heterocycles. The van der Waals surface area contributed by atoms with Crippen molar-refractivity contribution in [3.63, 3.8) is 0 Å². The van der Waals surface area contributed by atoms with E-state index in [1.54, 1.807) is 7.11 Å². The third-order valence-corrected chi connectivity index (χ3v) is 7.51. The molecule has 4 atom stereocenters. The largest absolute Gasteiger partial charge is 0.375 e. The zero-order valence-corrected chi connectivity index (χ0v) is 17.6. The maximum absolute atomic E-state index is 12.9. The maximum atomic E-state index is 12.9. The van der Waals surface area contributed by atoms with Crippen molar-refractivity contribution in [2.45, 2.75) is 44.0 Å². The summed E-state index contributed by atoms with van der Waals surface area (Å²) in [6.07, 6.45) is 2.18. The molecule has 2 aromatic heterocycles. The van der Waals surface area contributed by atoms with Crippen LogP contribution in [-0.2, 0) is 21.7 Å².